The SMILES string of the molecule is CC1C(CN2CC=C(c3ccc(C(=O)N(C)C)cc3C#N)CC2)=Cc2c(-c3ccc(NC(=O)OC(C)(C)C)nc3)ccnc21. The van der Waals surface area contributed by atoms with E-state index in [4.69, 9.17) is 9.72 Å². The summed E-state index contributed by atoms with van der Waals surface area (Å²) in [5, 5.41) is 12.5. The quantitative estimate of drug-likeness (QED) is 0.356. The Hall–Kier alpha value is -4.81. The summed E-state index contributed by atoms with van der Waals surface area (Å²) < 4.78 is 5.32. The van der Waals surface area contributed by atoms with Crippen LogP contribution in [0.3, 0.4) is 0 Å². The van der Waals surface area contributed by atoms with Gasteiger partial charge in [0.25, 0.3) is 5.91 Å². The van der Waals surface area contributed by atoms with Crippen molar-refractivity contribution in [1.29, 1.82) is 5.26 Å². The molecule has 0 bridgehead atoms. The number of carbonyl (C=O) groups is 2. The Balaban J connectivity index is 1.28. The highest BCUT2D eigenvalue weighted by Gasteiger charge is 2.27. The summed E-state index contributed by atoms with van der Waals surface area (Å²) in [6.07, 6.45) is 8.33. The highest BCUT2D eigenvalue weighted by Crippen LogP contribution is 2.40. The van der Waals surface area contributed by atoms with Crippen molar-refractivity contribution in [1.82, 2.24) is 19.8 Å². The van der Waals surface area contributed by atoms with E-state index in [0.717, 1.165) is 59.6 Å². The van der Waals surface area contributed by atoms with Crippen LogP contribution < -0.4 is 5.32 Å². The third kappa shape index (κ3) is 6.71. The highest BCUT2D eigenvalue weighted by molar-refractivity contribution is 5.95. The van der Waals surface area contributed by atoms with E-state index in [1.807, 2.05) is 45.2 Å². The smallest absolute Gasteiger partial charge is 0.413 e. The molecule has 2 aromatic heterocycles. The summed E-state index contributed by atoms with van der Waals surface area (Å²) in [7, 11) is 3.41. The monoisotopic (exact) mass is 590 g/mol. The molecule has 9 heteroatoms. The van der Waals surface area contributed by atoms with Crippen LogP contribution in [0.2, 0.25) is 0 Å². The molecule has 3 heterocycles. The van der Waals surface area contributed by atoms with Gasteiger partial charge >= 0.3 is 6.09 Å². The molecule has 1 aliphatic carbocycles. The van der Waals surface area contributed by atoms with E-state index >= 15 is 0 Å². The van der Waals surface area contributed by atoms with Crippen LogP contribution in [-0.4, -0.2) is 71.1 Å². The first-order valence-electron chi connectivity index (χ1n) is 14.8. The predicted octanol–water partition coefficient (Wildman–Crippen LogP) is 6.35. The van der Waals surface area contributed by atoms with Crippen LogP contribution in [0, 0.1) is 11.3 Å². The largest absolute Gasteiger partial charge is 0.444 e. The third-order valence-corrected chi connectivity index (χ3v) is 7.86. The molecule has 44 heavy (non-hydrogen) atoms. The number of carbonyl (C=O) groups excluding carboxylic acids is 2. The Labute approximate surface area is 258 Å². The lowest BCUT2D eigenvalue weighted by molar-refractivity contribution is 0.0635. The zero-order chi connectivity index (χ0) is 31.6. The molecule has 3 aromatic rings. The van der Waals surface area contributed by atoms with Gasteiger partial charge in [0.1, 0.15) is 11.4 Å². The summed E-state index contributed by atoms with van der Waals surface area (Å²) in [5.74, 6) is 0.497. The summed E-state index contributed by atoms with van der Waals surface area (Å²) in [6, 6.07) is 13.4. The topological polar surface area (TPSA) is 111 Å². The van der Waals surface area contributed by atoms with Crippen LogP contribution in [0.5, 0.6) is 0 Å². The second-order valence-electron chi connectivity index (χ2n) is 12.4. The van der Waals surface area contributed by atoms with Gasteiger partial charge in [0, 0.05) is 68.7 Å². The zero-order valence-corrected chi connectivity index (χ0v) is 26.1. The summed E-state index contributed by atoms with van der Waals surface area (Å²) in [4.78, 5) is 37.6. The van der Waals surface area contributed by atoms with Crippen molar-refractivity contribution in [2.75, 3.05) is 39.0 Å². The fraction of sp³-hybridized carbons (Fsp3) is 0.343. The molecule has 1 atom stereocenters. The lowest BCUT2D eigenvalue weighted by atomic mass is 9.93. The van der Waals surface area contributed by atoms with E-state index in [2.05, 4.69) is 40.3 Å². The average Bonchev–Trinajstić information content (AvgIpc) is 3.31. The van der Waals surface area contributed by atoms with Gasteiger partial charge in [-0.25, -0.2) is 9.78 Å². The molecule has 0 saturated carbocycles. The first-order chi connectivity index (χ1) is 20.9. The van der Waals surface area contributed by atoms with Gasteiger partial charge in [0.2, 0.25) is 0 Å². The summed E-state index contributed by atoms with van der Waals surface area (Å²) >= 11 is 0. The number of nitrogens with zero attached hydrogens (tertiary/aromatic N) is 5. The minimum atomic E-state index is -0.586. The van der Waals surface area contributed by atoms with Gasteiger partial charge in [0.15, 0.2) is 0 Å². The van der Waals surface area contributed by atoms with E-state index in [-0.39, 0.29) is 11.8 Å². The van der Waals surface area contributed by atoms with Crippen LogP contribution in [0.25, 0.3) is 22.8 Å². The van der Waals surface area contributed by atoms with Gasteiger partial charge in [-0.05, 0) is 79.8 Å². The number of nitriles is 1. The predicted molar refractivity (Wildman–Crippen MR) is 172 cm³/mol. The molecule has 2 aliphatic rings. The lowest BCUT2D eigenvalue weighted by Crippen LogP contribution is -2.31. The number of amides is 2. The number of hydrogen-bond donors (Lipinski definition) is 1. The van der Waals surface area contributed by atoms with Gasteiger partial charge < -0.3 is 9.64 Å². The second-order valence-corrected chi connectivity index (χ2v) is 12.4. The second kappa shape index (κ2) is 12.4. The van der Waals surface area contributed by atoms with E-state index in [0.29, 0.717) is 16.9 Å². The number of benzene rings is 1. The number of nitrogens with one attached hydrogen (secondary N) is 1. The average molecular weight is 591 g/mol. The van der Waals surface area contributed by atoms with Crippen LogP contribution in [0.15, 0.2) is 60.4 Å². The number of aromatic nitrogens is 2. The first kappa shape index (κ1) is 30.6. The maximum Gasteiger partial charge on any atom is 0.413 e. The van der Waals surface area contributed by atoms with Gasteiger partial charge in [-0.15, -0.1) is 0 Å². The minimum absolute atomic E-state index is 0.113. The van der Waals surface area contributed by atoms with E-state index in [9.17, 15) is 14.9 Å². The van der Waals surface area contributed by atoms with Crippen molar-refractivity contribution in [3.63, 3.8) is 0 Å². The molecular formula is C35H38N6O3. The van der Waals surface area contributed by atoms with Crippen LogP contribution in [0.4, 0.5) is 10.6 Å². The third-order valence-electron chi connectivity index (χ3n) is 7.86. The van der Waals surface area contributed by atoms with Crippen molar-refractivity contribution in [2.45, 2.75) is 45.6 Å². The number of fused-ring (bicyclic) bond motifs is 1. The molecule has 5 rings (SSSR count). The van der Waals surface area contributed by atoms with Crippen LogP contribution in [0.1, 0.15) is 72.8 Å². The lowest BCUT2D eigenvalue weighted by Gasteiger charge is -2.28. The van der Waals surface area contributed by atoms with E-state index in [1.54, 1.807) is 38.5 Å². The number of ether oxygens (including phenoxy) is 1. The Morgan fingerprint density at radius 2 is 1.93 bits per heavy atom. The molecule has 0 fully saturated rings. The van der Waals surface area contributed by atoms with Crippen LogP contribution in [-0.2, 0) is 4.74 Å². The molecule has 1 aromatic carbocycles. The van der Waals surface area contributed by atoms with Crippen molar-refractivity contribution in [3.8, 4) is 17.2 Å². The number of rotatable bonds is 6. The fourth-order valence-electron chi connectivity index (χ4n) is 5.61. The molecule has 2 amide bonds. The molecule has 0 saturated heterocycles. The number of anilines is 1. The van der Waals surface area contributed by atoms with Crippen molar-refractivity contribution in [2.24, 2.45) is 0 Å². The van der Waals surface area contributed by atoms with Crippen molar-refractivity contribution in [3.05, 3.63) is 88.4 Å². The van der Waals surface area contributed by atoms with E-state index < -0.39 is 11.7 Å². The Bertz CT molecular complexity index is 1690. The van der Waals surface area contributed by atoms with Gasteiger partial charge in [0.05, 0.1) is 17.3 Å². The molecular weight excluding hydrogens is 552 g/mol. The van der Waals surface area contributed by atoms with Crippen molar-refractivity contribution < 1.29 is 14.3 Å². The number of hydrogen-bond acceptors (Lipinski definition) is 7. The van der Waals surface area contributed by atoms with Gasteiger partial charge in [-0.3, -0.25) is 20.0 Å². The summed E-state index contributed by atoms with van der Waals surface area (Å²) in [6.45, 7) is 10.1. The molecule has 1 unspecified atom stereocenters. The molecule has 1 aliphatic heterocycles. The van der Waals surface area contributed by atoms with E-state index in [1.165, 1.54) is 10.5 Å². The maximum absolute atomic E-state index is 12.4. The summed E-state index contributed by atoms with van der Waals surface area (Å²) in [5.41, 5.74) is 7.95. The number of pyridine rings is 2. The standard InChI is InChI=1S/C35H38N6O3/c1-22-27(21-41-15-12-23(13-16-41)28-9-7-24(17-26(28)19-36)33(42)40(5)6)18-30-29(11-14-37-32(22)30)25-8-10-31(38-20-25)39-34(43)44-35(2,3)4/h7-12,14,17-18,20,22H,13,15-16,21H2,1-6H3,(H,38,39,43). The molecule has 1 N–H and O–H groups in total. The first-order valence-corrected chi connectivity index (χ1v) is 14.8. The maximum atomic E-state index is 12.4. The zero-order valence-electron chi connectivity index (χ0n) is 26.1. The van der Waals surface area contributed by atoms with Crippen LogP contribution >= 0.6 is 0 Å². The Morgan fingerprint density at radius 1 is 1.14 bits per heavy atom. The van der Waals surface area contributed by atoms with Gasteiger partial charge in [-0.1, -0.05) is 25.1 Å². The highest BCUT2D eigenvalue weighted by atomic mass is 16.6. The fourth-order valence-corrected chi connectivity index (χ4v) is 5.61. The molecule has 9 nitrogen and oxygen atoms in total. The Kier molecular flexibility index (Phi) is 8.66. The van der Waals surface area contributed by atoms with Gasteiger partial charge in [-0.2, -0.15) is 5.26 Å². The Morgan fingerprint density at radius 3 is 2.57 bits per heavy atom. The normalized spacial score (nSPS) is 16.3. The minimum Gasteiger partial charge on any atom is -0.444 e. The molecule has 0 spiro atoms. The molecule has 226 valence electrons. The van der Waals surface area contributed by atoms with Crippen molar-refractivity contribution >= 4 is 29.5 Å². The molecule has 0 radical (unpaired) electrons.